The Balaban J connectivity index is 2.43. The molecule has 1 atom stereocenters. The van der Waals surface area contributed by atoms with Gasteiger partial charge in [-0.3, -0.25) is 4.79 Å². The SMILES string of the molecule is COC1(CC(=O)O)CCc2cc(O)ccc21. The van der Waals surface area contributed by atoms with Crippen LogP contribution in [0, 0.1) is 0 Å². The van der Waals surface area contributed by atoms with E-state index in [0.717, 1.165) is 17.5 Å². The average molecular weight is 222 g/mol. The van der Waals surface area contributed by atoms with Gasteiger partial charge in [0, 0.05) is 7.11 Å². The molecule has 16 heavy (non-hydrogen) atoms. The first-order chi connectivity index (χ1) is 7.57. The van der Waals surface area contributed by atoms with Gasteiger partial charge in [-0.05, 0) is 36.1 Å². The summed E-state index contributed by atoms with van der Waals surface area (Å²) in [5.74, 6) is -0.663. The van der Waals surface area contributed by atoms with Crippen LogP contribution in [0.25, 0.3) is 0 Å². The Morgan fingerprint density at radius 1 is 1.56 bits per heavy atom. The number of aliphatic carboxylic acids is 1. The molecule has 1 unspecified atom stereocenters. The number of rotatable bonds is 3. The van der Waals surface area contributed by atoms with Crippen molar-refractivity contribution in [2.24, 2.45) is 0 Å². The highest BCUT2D eigenvalue weighted by molar-refractivity contribution is 5.69. The molecule has 1 aromatic carbocycles. The fraction of sp³-hybridized carbons (Fsp3) is 0.417. The largest absolute Gasteiger partial charge is 0.508 e. The summed E-state index contributed by atoms with van der Waals surface area (Å²) < 4.78 is 5.41. The van der Waals surface area contributed by atoms with Crippen molar-refractivity contribution < 1.29 is 19.7 Å². The van der Waals surface area contributed by atoms with Crippen LogP contribution < -0.4 is 0 Å². The maximum Gasteiger partial charge on any atom is 0.306 e. The maximum atomic E-state index is 10.9. The maximum absolute atomic E-state index is 10.9. The lowest BCUT2D eigenvalue weighted by atomic mass is 9.92. The predicted octanol–water partition coefficient (Wildman–Crippen LogP) is 1.65. The van der Waals surface area contributed by atoms with Crippen LogP contribution in [0.5, 0.6) is 5.75 Å². The number of aromatic hydroxyl groups is 1. The first-order valence-electron chi connectivity index (χ1n) is 5.17. The highest BCUT2D eigenvalue weighted by Gasteiger charge is 2.40. The number of fused-ring (bicyclic) bond motifs is 1. The Kier molecular flexibility index (Phi) is 2.59. The number of ether oxygens (including phenoxy) is 1. The number of phenols is 1. The Bertz CT molecular complexity index is 427. The van der Waals surface area contributed by atoms with Gasteiger partial charge in [-0.2, -0.15) is 0 Å². The van der Waals surface area contributed by atoms with Gasteiger partial charge >= 0.3 is 5.97 Å². The van der Waals surface area contributed by atoms with E-state index in [1.807, 2.05) is 0 Å². The van der Waals surface area contributed by atoms with Gasteiger partial charge < -0.3 is 14.9 Å². The first-order valence-corrected chi connectivity index (χ1v) is 5.17. The van der Waals surface area contributed by atoms with E-state index in [9.17, 15) is 9.90 Å². The lowest BCUT2D eigenvalue weighted by molar-refractivity contribution is -0.144. The second-order valence-electron chi connectivity index (χ2n) is 4.11. The molecule has 0 saturated carbocycles. The van der Waals surface area contributed by atoms with E-state index in [1.54, 1.807) is 18.2 Å². The second kappa shape index (κ2) is 3.79. The zero-order valence-corrected chi connectivity index (χ0v) is 9.06. The monoisotopic (exact) mass is 222 g/mol. The fourth-order valence-electron chi connectivity index (χ4n) is 2.41. The molecule has 0 heterocycles. The smallest absolute Gasteiger partial charge is 0.306 e. The molecule has 0 fully saturated rings. The molecule has 0 aromatic heterocycles. The van der Waals surface area contributed by atoms with Crippen LogP contribution in [0.15, 0.2) is 18.2 Å². The highest BCUT2D eigenvalue weighted by atomic mass is 16.5. The molecule has 0 spiro atoms. The molecule has 0 amide bonds. The third-order valence-electron chi connectivity index (χ3n) is 3.21. The van der Waals surface area contributed by atoms with Crippen LogP contribution >= 0.6 is 0 Å². The van der Waals surface area contributed by atoms with Crippen LogP contribution in [0.2, 0.25) is 0 Å². The molecule has 1 aliphatic rings. The normalized spacial score (nSPS) is 23.1. The van der Waals surface area contributed by atoms with Gasteiger partial charge in [0.1, 0.15) is 11.4 Å². The number of carbonyl (C=O) groups is 1. The third-order valence-corrected chi connectivity index (χ3v) is 3.21. The first kappa shape index (κ1) is 11.0. The Morgan fingerprint density at radius 2 is 2.31 bits per heavy atom. The molecule has 0 bridgehead atoms. The Labute approximate surface area is 93.5 Å². The zero-order chi connectivity index (χ0) is 11.8. The van der Waals surface area contributed by atoms with Crippen molar-refractivity contribution in [3.63, 3.8) is 0 Å². The van der Waals surface area contributed by atoms with Crippen molar-refractivity contribution in [2.75, 3.05) is 7.11 Å². The van der Waals surface area contributed by atoms with Crippen molar-refractivity contribution in [1.82, 2.24) is 0 Å². The van der Waals surface area contributed by atoms with Gasteiger partial charge in [0.25, 0.3) is 0 Å². The minimum atomic E-state index is -0.872. The number of carboxylic acids is 1. The van der Waals surface area contributed by atoms with Crippen molar-refractivity contribution in [3.05, 3.63) is 29.3 Å². The predicted molar refractivity (Wildman–Crippen MR) is 57.4 cm³/mol. The summed E-state index contributed by atoms with van der Waals surface area (Å²) in [5.41, 5.74) is 1.13. The Morgan fingerprint density at radius 3 is 2.94 bits per heavy atom. The number of hydrogen-bond acceptors (Lipinski definition) is 3. The van der Waals surface area contributed by atoms with Crippen molar-refractivity contribution in [1.29, 1.82) is 0 Å². The van der Waals surface area contributed by atoms with Gasteiger partial charge in [-0.25, -0.2) is 0 Å². The third kappa shape index (κ3) is 1.65. The number of benzene rings is 1. The number of hydrogen-bond donors (Lipinski definition) is 2. The molecule has 1 aromatic rings. The minimum absolute atomic E-state index is 0.0404. The number of aryl methyl sites for hydroxylation is 1. The van der Waals surface area contributed by atoms with E-state index in [0.29, 0.717) is 6.42 Å². The summed E-state index contributed by atoms with van der Waals surface area (Å²) in [7, 11) is 1.53. The summed E-state index contributed by atoms with van der Waals surface area (Å²) in [6.45, 7) is 0. The summed E-state index contributed by atoms with van der Waals surface area (Å²) in [6, 6.07) is 5.00. The molecular weight excluding hydrogens is 208 g/mol. The van der Waals surface area contributed by atoms with Gasteiger partial charge in [0.2, 0.25) is 0 Å². The number of phenolic OH excluding ortho intramolecular Hbond substituents is 1. The molecule has 0 saturated heterocycles. The molecule has 0 aliphatic heterocycles. The van der Waals surface area contributed by atoms with E-state index in [2.05, 4.69) is 0 Å². The average Bonchev–Trinajstić information content (AvgIpc) is 2.56. The van der Waals surface area contributed by atoms with E-state index in [-0.39, 0.29) is 12.2 Å². The van der Waals surface area contributed by atoms with Gasteiger partial charge in [-0.1, -0.05) is 6.07 Å². The summed E-state index contributed by atoms with van der Waals surface area (Å²) in [5, 5.41) is 18.3. The van der Waals surface area contributed by atoms with Crippen molar-refractivity contribution in [3.8, 4) is 5.75 Å². The standard InChI is InChI=1S/C12H14O4/c1-16-12(7-11(14)15)5-4-8-6-9(13)2-3-10(8)12/h2-3,6,13H,4-5,7H2,1H3,(H,14,15). The quantitative estimate of drug-likeness (QED) is 0.816. The number of carboxylic acid groups (broad SMARTS) is 1. The molecule has 86 valence electrons. The van der Waals surface area contributed by atoms with E-state index >= 15 is 0 Å². The molecule has 1 aliphatic carbocycles. The topological polar surface area (TPSA) is 66.8 Å². The van der Waals surface area contributed by atoms with Gasteiger partial charge in [0.05, 0.1) is 6.42 Å². The highest BCUT2D eigenvalue weighted by Crippen LogP contribution is 2.43. The fourth-order valence-corrected chi connectivity index (χ4v) is 2.41. The summed E-state index contributed by atoms with van der Waals surface area (Å²) >= 11 is 0. The van der Waals surface area contributed by atoms with Crippen LogP contribution in [0.4, 0.5) is 0 Å². The lowest BCUT2D eigenvalue weighted by Gasteiger charge is -2.27. The molecule has 2 N–H and O–H groups in total. The number of methoxy groups -OCH3 is 1. The van der Waals surface area contributed by atoms with Crippen LogP contribution in [0.3, 0.4) is 0 Å². The summed E-state index contributed by atoms with van der Waals surface area (Å²) in [4.78, 5) is 10.9. The second-order valence-corrected chi connectivity index (χ2v) is 4.11. The molecule has 0 radical (unpaired) electrons. The van der Waals surface area contributed by atoms with Crippen molar-refractivity contribution in [2.45, 2.75) is 24.9 Å². The van der Waals surface area contributed by atoms with E-state index < -0.39 is 11.6 Å². The minimum Gasteiger partial charge on any atom is -0.508 e. The summed E-state index contributed by atoms with van der Waals surface area (Å²) in [6.07, 6.45) is 1.35. The van der Waals surface area contributed by atoms with Crippen molar-refractivity contribution >= 4 is 5.97 Å². The van der Waals surface area contributed by atoms with E-state index in [1.165, 1.54) is 7.11 Å². The molecule has 4 nitrogen and oxygen atoms in total. The molecule has 2 rings (SSSR count). The Hall–Kier alpha value is -1.55. The molecular formula is C12H14O4. The van der Waals surface area contributed by atoms with Gasteiger partial charge in [-0.15, -0.1) is 0 Å². The van der Waals surface area contributed by atoms with E-state index in [4.69, 9.17) is 9.84 Å². The lowest BCUT2D eigenvalue weighted by Crippen LogP contribution is -2.28. The van der Waals surface area contributed by atoms with Gasteiger partial charge in [0.15, 0.2) is 0 Å². The van der Waals surface area contributed by atoms with Crippen LogP contribution in [-0.4, -0.2) is 23.3 Å². The van der Waals surface area contributed by atoms with Crippen LogP contribution in [-0.2, 0) is 21.6 Å². The zero-order valence-electron chi connectivity index (χ0n) is 9.06. The molecule has 4 heteroatoms. The van der Waals surface area contributed by atoms with Crippen LogP contribution in [0.1, 0.15) is 24.0 Å².